The molecule has 27 heavy (non-hydrogen) atoms. The van der Waals surface area contributed by atoms with Gasteiger partial charge in [0.1, 0.15) is 0 Å². The Labute approximate surface area is 159 Å². The number of hydrogen-bond acceptors (Lipinski definition) is 3. The van der Waals surface area contributed by atoms with Crippen LogP contribution in [0.2, 0.25) is 0 Å². The third-order valence-corrected chi connectivity index (χ3v) is 4.27. The number of aliphatic imine (C=N–C) groups is 1. The Hall–Kier alpha value is -1.80. The number of nitrogens with one attached hydrogen (secondary N) is 2. The van der Waals surface area contributed by atoms with E-state index in [4.69, 9.17) is 4.74 Å². The second-order valence-corrected chi connectivity index (χ2v) is 7.09. The average Bonchev–Trinajstić information content (AvgIpc) is 3.02. The first-order valence-electron chi connectivity index (χ1n) is 9.21. The highest BCUT2D eigenvalue weighted by atomic mass is 19.4. The first-order valence-corrected chi connectivity index (χ1v) is 9.21. The van der Waals surface area contributed by atoms with Crippen LogP contribution in [0.25, 0.3) is 0 Å². The average molecular weight is 386 g/mol. The van der Waals surface area contributed by atoms with Gasteiger partial charge in [0.25, 0.3) is 0 Å². The number of halogens is 3. The Kier molecular flexibility index (Phi) is 7.91. The molecule has 5 nitrogen and oxygen atoms in total. The van der Waals surface area contributed by atoms with Crippen LogP contribution in [-0.2, 0) is 17.9 Å². The van der Waals surface area contributed by atoms with Crippen molar-refractivity contribution in [3.8, 4) is 0 Å². The van der Waals surface area contributed by atoms with Crippen LogP contribution in [0, 0.1) is 0 Å². The van der Waals surface area contributed by atoms with Crippen molar-refractivity contribution in [2.45, 2.75) is 51.7 Å². The molecule has 0 spiro atoms. The first-order chi connectivity index (χ1) is 12.7. The van der Waals surface area contributed by atoms with Crippen molar-refractivity contribution in [1.82, 2.24) is 15.5 Å². The van der Waals surface area contributed by atoms with E-state index in [2.05, 4.69) is 21.7 Å². The van der Waals surface area contributed by atoms with Crippen LogP contribution in [0.5, 0.6) is 0 Å². The van der Waals surface area contributed by atoms with Gasteiger partial charge in [-0.1, -0.05) is 24.3 Å². The minimum absolute atomic E-state index is 0.0377. The first kappa shape index (κ1) is 21.5. The van der Waals surface area contributed by atoms with Gasteiger partial charge in [-0.25, -0.2) is 0 Å². The summed E-state index contributed by atoms with van der Waals surface area (Å²) in [4.78, 5) is 5.60. The van der Waals surface area contributed by atoms with E-state index in [1.807, 2.05) is 32.0 Å². The van der Waals surface area contributed by atoms with Crippen molar-refractivity contribution in [2.24, 2.45) is 4.99 Å². The van der Waals surface area contributed by atoms with E-state index in [0.29, 0.717) is 38.6 Å². The maximum atomic E-state index is 12.5. The Bertz CT molecular complexity index is 619. The van der Waals surface area contributed by atoms with Crippen molar-refractivity contribution in [3.05, 3.63) is 35.4 Å². The second kappa shape index (κ2) is 9.94. The Morgan fingerprint density at radius 1 is 1.33 bits per heavy atom. The van der Waals surface area contributed by atoms with Gasteiger partial charge < -0.3 is 15.4 Å². The van der Waals surface area contributed by atoms with E-state index in [1.165, 1.54) is 4.90 Å². The van der Waals surface area contributed by atoms with E-state index in [0.717, 1.165) is 11.1 Å². The minimum Gasteiger partial charge on any atom is -0.374 e. The standard InChI is InChI=1S/C19H29F3N4O/c1-14(2)27-12-16-6-4-5-15(9-16)10-24-18(23-3)25-17-7-8-26(11-17)13-19(20,21)22/h4-6,9,14,17H,7-8,10-13H2,1-3H3,(H2,23,24,25). The van der Waals surface area contributed by atoms with Gasteiger partial charge in [-0.2, -0.15) is 13.2 Å². The number of ether oxygens (including phenoxy) is 1. The molecule has 1 atom stereocenters. The number of alkyl halides is 3. The molecule has 0 bridgehead atoms. The number of hydrogen-bond donors (Lipinski definition) is 2. The van der Waals surface area contributed by atoms with E-state index in [1.54, 1.807) is 7.05 Å². The lowest BCUT2D eigenvalue weighted by Gasteiger charge is -2.20. The quantitative estimate of drug-likeness (QED) is 0.559. The SMILES string of the molecule is CN=C(NCc1cccc(COC(C)C)c1)NC1CCN(CC(F)(F)F)C1. The van der Waals surface area contributed by atoms with Gasteiger partial charge >= 0.3 is 6.18 Å². The van der Waals surface area contributed by atoms with Crippen LogP contribution < -0.4 is 10.6 Å². The van der Waals surface area contributed by atoms with Crippen LogP contribution in [0.3, 0.4) is 0 Å². The fraction of sp³-hybridized carbons (Fsp3) is 0.632. The van der Waals surface area contributed by atoms with Gasteiger partial charge in [-0.05, 0) is 31.4 Å². The largest absolute Gasteiger partial charge is 0.401 e. The lowest BCUT2D eigenvalue weighted by atomic mass is 10.1. The highest BCUT2D eigenvalue weighted by Crippen LogP contribution is 2.19. The Balaban J connectivity index is 1.80. The fourth-order valence-corrected chi connectivity index (χ4v) is 3.01. The van der Waals surface area contributed by atoms with Crippen molar-refractivity contribution in [1.29, 1.82) is 0 Å². The van der Waals surface area contributed by atoms with Crippen LogP contribution in [-0.4, -0.2) is 55.9 Å². The number of guanidine groups is 1. The molecule has 1 aromatic rings. The molecule has 1 unspecified atom stereocenters. The summed E-state index contributed by atoms with van der Waals surface area (Å²) in [6, 6.07) is 8.05. The molecule has 0 amide bonds. The number of benzene rings is 1. The molecule has 1 aliphatic rings. The van der Waals surface area contributed by atoms with Gasteiger partial charge in [0.05, 0.1) is 19.3 Å². The van der Waals surface area contributed by atoms with Gasteiger partial charge in [-0.3, -0.25) is 9.89 Å². The molecule has 0 radical (unpaired) electrons. The summed E-state index contributed by atoms with van der Waals surface area (Å²) in [6.07, 6.45) is -3.31. The molecule has 8 heteroatoms. The molecule has 1 aromatic carbocycles. The topological polar surface area (TPSA) is 48.9 Å². The van der Waals surface area contributed by atoms with Crippen LogP contribution in [0.1, 0.15) is 31.4 Å². The predicted molar refractivity (Wildman–Crippen MR) is 101 cm³/mol. The summed E-state index contributed by atoms with van der Waals surface area (Å²) in [7, 11) is 1.66. The smallest absolute Gasteiger partial charge is 0.374 e. The second-order valence-electron chi connectivity index (χ2n) is 7.09. The maximum absolute atomic E-state index is 12.5. The normalized spacial score (nSPS) is 18.9. The molecule has 1 aliphatic heterocycles. The zero-order valence-corrected chi connectivity index (χ0v) is 16.1. The third-order valence-electron chi connectivity index (χ3n) is 4.27. The summed E-state index contributed by atoms with van der Waals surface area (Å²) in [5, 5.41) is 6.44. The van der Waals surface area contributed by atoms with E-state index in [9.17, 15) is 13.2 Å². The number of nitrogens with zero attached hydrogens (tertiary/aromatic N) is 2. The molecule has 1 heterocycles. The summed E-state index contributed by atoms with van der Waals surface area (Å²) < 4.78 is 43.1. The van der Waals surface area contributed by atoms with Gasteiger partial charge in [0, 0.05) is 32.7 Å². The molecule has 1 saturated heterocycles. The zero-order chi connectivity index (χ0) is 19.9. The summed E-state index contributed by atoms with van der Waals surface area (Å²) in [5.74, 6) is 0.595. The lowest BCUT2D eigenvalue weighted by Crippen LogP contribution is -2.44. The van der Waals surface area contributed by atoms with E-state index >= 15 is 0 Å². The summed E-state index contributed by atoms with van der Waals surface area (Å²) in [5.41, 5.74) is 2.19. The van der Waals surface area contributed by atoms with E-state index in [-0.39, 0.29) is 12.1 Å². The monoisotopic (exact) mass is 386 g/mol. The molecular formula is C19H29F3N4O. The molecule has 0 aliphatic carbocycles. The van der Waals surface area contributed by atoms with Crippen LogP contribution in [0.4, 0.5) is 13.2 Å². The highest BCUT2D eigenvalue weighted by Gasteiger charge is 2.34. The van der Waals surface area contributed by atoms with Gasteiger partial charge in [0.2, 0.25) is 0 Å². The summed E-state index contributed by atoms with van der Waals surface area (Å²) >= 11 is 0. The zero-order valence-electron chi connectivity index (χ0n) is 16.1. The number of rotatable bonds is 7. The molecule has 0 aromatic heterocycles. The summed E-state index contributed by atoms with van der Waals surface area (Å²) in [6.45, 7) is 5.08. The Morgan fingerprint density at radius 2 is 2.07 bits per heavy atom. The molecule has 1 fully saturated rings. The maximum Gasteiger partial charge on any atom is 0.401 e. The van der Waals surface area contributed by atoms with Crippen LogP contribution >= 0.6 is 0 Å². The van der Waals surface area contributed by atoms with Gasteiger partial charge in [0.15, 0.2) is 5.96 Å². The van der Waals surface area contributed by atoms with Crippen molar-refractivity contribution in [2.75, 3.05) is 26.7 Å². The van der Waals surface area contributed by atoms with E-state index < -0.39 is 12.7 Å². The molecule has 2 N–H and O–H groups in total. The third kappa shape index (κ3) is 8.17. The number of likely N-dealkylation sites (tertiary alicyclic amines) is 1. The van der Waals surface area contributed by atoms with Gasteiger partial charge in [-0.15, -0.1) is 0 Å². The fourth-order valence-electron chi connectivity index (χ4n) is 3.01. The molecule has 152 valence electrons. The lowest BCUT2D eigenvalue weighted by molar-refractivity contribution is -0.143. The van der Waals surface area contributed by atoms with Crippen molar-refractivity contribution < 1.29 is 17.9 Å². The highest BCUT2D eigenvalue weighted by molar-refractivity contribution is 5.80. The van der Waals surface area contributed by atoms with Crippen LogP contribution in [0.15, 0.2) is 29.3 Å². The minimum atomic E-state index is -4.15. The Morgan fingerprint density at radius 3 is 2.74 bits per heavy atom. The molecule has 0 saturated carbocycles. The predicted octanol–water partition coefficient (Wildman–Crippen LogP) is 2.91. The van der Waals surface area contributed by atoms with Crippen molar-refractivity contribution >= 4 is 5.96 Å². The molecular weight excluding hydrogens is 357 g/mol. The molecule has 2 rings (SSSR count). The van der Waals surface area contributed by atoms with Crippen molar-refractivity contribution in [3.63, 3.8) is 0 Å².